The zero-order valence-electron chi connectivity index (χ0n) is 9.18. The van der Waals surface area contributed by atoms with Gasteiger partial charge in [-0.3, -0.25) is 0 Å². The SMILES string of the molecule is COc1cccc2c1N=C1[C@@H](O)CCN1C2. The van der Waals surface area contributed by atoms with E-state index in [-0.39, 0.29) is 0 Å². The number of aliphatic hydroxyl groups excluding tert-OH is 1. The van der Waals surface area contributed by atoms with Crippen molar-refractivity contribution >= 4 is 11.5 Å². The number of benzene rings is 1. The largest absolute Gasteiger partial charge is 0.494 e. The summed E-state index contributed by atoms with van der Waals surface area (Å²) in [5.41, 5.74) is 2.04. The summed E-state index contributed by atoms with van der Waals surface area (Å²) in [4.78, 5) is 6.66. The van der Waals surface area contributed by atoms with Gasteiger partial charge in [-0.15, -0.1) is 0 Å². The highest BCUT2D eigenvalue weighted by Crippen LogP contribution is 2.37. The van der Waals surface area contributed by atoms with Crippen LogP contribution in [0.2, 0.25) is 0 Å². The molecule has 1 N–H and O–H groups in total. The standard InChI is InChI=1S/C12H14N2O2/c1-16-10-4-2-3-8-7-14-6-5-9(15)12(14)13-11(8)10/h2-4,9,15H,5-7H2,1H3/t9-/m0/s1. The normalized spacial score (nSPS) is 22.5. The Bertz CT molecular complexity index is 456. The molecule has 1 fully saturated rings. The molecule has 16 heavy (non-hydrogen) atoms. The average molecular weight is 218 g/mol. The van der Waals surface area contributed by atoms with E-state index in [9.17, 15) is 5.11 Å². The van der Waals surface area contributed by atoms with Crippen LogP contribution in [0.15, 0.2) is 23.2 Å². The van der Waals surface area contributed by atoms with E-state index >= 15 is 0 Å². The van der Waals surface area contributed by atoms with Crippen LogP contribution in [0.3, 0.4) is 0 Å². The van der Waals surface area contributed by atoms with Crippen molar-refractivity contribution < 1.29 is 9.84 Å². The summed E-state index contributed by atoms with van der Waals surface area (Å²) in [5.74, 6) is 1.57. The quantitative estimate of drug-likeness (QED) is 0.773. The molecule has 0 bridgehead atoms. The molecule has 3 rings (SSSR count). The first-order valence-electron chi connectivity index (χ1n) is 5.47. The number of aliphatic imine (C=N–C) groups is 1. The van der Waals surface area contributed by atoms with Crippen LogP contribution in [0.5, 0.6) is 5.75 Å². The molecule has 2 aliphatic heterocycles. The number of hydrogen-bond acceptors (Lipinski definition) is 4. The minimum atomic E-state index is -0.418. The summed E-state index contributed by atoms with van der Waals surface area (Å²) >= 11 is 0. The first-order chi connectivity index (χ1) is 7.79. The minimum absolute atomic E-state index is 0.418. The van der Waals surface area contributed by atoms with Gasteiger partial charge in [0, 0.05) is 18.7 Å². The number of hydrogen-bond donors (Lipinski definition) is 1. The topological polar surface area (TPSA) is 45.1 Å². The highest BCUT2D eigenvalue weighted by Gasteiger charge is 2.31. The molecule has 1 saturated heterocycles. The Hall–Kier alpha value is -1.55. The summed E-state index contributed by atoms with van der Waals surface area (Å²) in [7, 11) is 1.65. The second kappa shape index (κ2) is 3.49. The summed E-state index contributed by atoms with van der Waals surface area (Å²) in [6.45, 7) is 1.71. The molecule has 0 saturated carbocycles. The van der Waals surface area contributed by atoms with E-state index in [1.165, 1.54) is 0 Å². The molecule has 0 aromatic heterocycles. The van der Waals surface area contributed by atoms with Crippen molar-refractivity contribution in [2.75, 3.05) is 13.7 Å². The second-order valence-electron chi connectivity index (χ2n) is 4.16. The number of fused-ring (bicyclic) bond motifs is 2. The van der Waals surface area contributed by atoms with Crippen molar-refractivity contribution in [3.63, 3.8) is 0 Å². The molecular weight excluding hydrogens is 204 g/mol. The zero-order valence-corrected chi connectivity index (χ0v) is 9.18. The van der Waals surface area contributed by atoms with E-state index in [1.54, 1.807) is 7.11 Å². The number of aliphatic hydroxyl groups is 1. The molecule has 0 unspecified atom stereocenters. The molecule has 0 aliphatic carbocycles. The molecule has 4 nitrogen and oxygen atoms in total. The predicted molar refractivity (Wildman–Crippen MR) is 61.1 cm³/mol. The second-order valence-corrected chi connectivity index (χ2v) is 4.16. The Kier molecular flexibility index (Phi) is 2.11. The van der Waals surface area contributed by atoms with Gasteiger partial charge < -0.3 is 14.7 Å². The molecule has 0 amide bonds. The maximum Gasteiger partial charge on any atom is 0.144 e. The van der Waals surface area contributed by atoms with Gasteiger partial charge in [-0.2, -0.15) is 0 Å². The van der Waals surface area contributed by atoms with Crippen LogP contribution in [0.1, 0.15) is 12.0 Å². The Labute approximate surface area is 94.2 Å². The van der Waals surface area contributed by atoms with Gasteiger partial charge >= 0.3 is 0 Å². The monoisotopic (exact) mass is 218 g/mol. The van der Waals surface area contributed by atoms with E-state index in [1.807, 2.05) is 12.1 Å². The highest BCUT2D eigenvalue weighted by atomic mass is 16.5. The summed E-state index contributed by atoms with van der Waals surface area (Å²) in [6.07, 6.45) is 0.354. The lowest BCUT2D eigenvalue weighted by Crippen LogP contribution is -2.31. The van der Waals surface area contributed by atoms with Crippen LogP contribution in [0, 0.1) is 0 Å². The van der Waals surface area contributed by atoms with Crippen molar-refractivity contribution in [1.82, 2.24) is 4.90 Å². The van der Waals surface area contributed by atoms with Gasteiger partial charge in [0.2, 0.25) is 0 Å². The van der Waals surface area contributed by atoms with Gasteiger partial charge in [0.1, 0.15) is 23.4 Å². The molecule has 0 spiro atoms. The van der Waals surface area contributed by atoms with Crippen LogP contribution in [0.25, 0.3) is 0 Å². The summed E-state index contributed by atoms with van der Waals surface area (Å²) in [5, 5.41) is 9.80. The maximum atomic E-state index is 9.80. The molecule has 1 aromatic rings. The summed E-state index contributed by atoms with van der Waals surface area (Å²) < 4.78 is 5.29. The predicted octanol–water partition coefficient (Wildman–Crippen LogP) is 1.31. The Morgan fingerprint density at radius 3 is 3.19 bits per heavy atom. The summed E-state index contributed by atoms with van der Waals surface area (Å²) in [6, 6.07) is 5.94. The Morgan fingerprint density at radius 2 is 2.38 bits per heavy atom. The van der Waals surface area contributed by atoms with Crippen molar-refractivity contribution in [2.45, 2.75) is 19.1 Å². The third-order valence-electron chi connectivity index (χ3n) is 3.18. The van der Waals surface area contributed by atoms with Gasteiger partial charge in [0.15, 0.2) is 0 Å². The lowest BCUT2D eigenvalue weighted by molar-refractivity contribution is 0.245. The highest BCUT2D eigenvalue weighted by molar-refractivity contribution is 5.93. The average Bonchev–Trinajstić information content (AvgIpc) is 2.67. The van der Waals surface area contributed by atoms with E-state index in [4.69, 9.17) is 4.74 Å². The molecular formula is C12H14N2O2. The Morgan fingerprint density at radius 1 is 1.50 bits per heavy atom. The molecule has 84 valence electrons. The number of rotatable bonds is 1. The van der Waals surface area contributed by atoms with Gasteiger partial charge in [0.25, 0.3) is 0 Å². The van der Waals surface area contributed by atoms with Crippen molar-refractivity contribution in [3.05, 3.63) is 23.8 Å². The number of methoxy groups -OCH3 is 1. The van der Waals surface area contributed by atoms with Crippen molar-refractivity contribution in [1.29, 1.82) is 0 Å². The van der Waals surface area contributed by atoms with Crippen molar-refractivity contribution in [2.24, 2.45) is 4.99 Å². The van der Waals surface area contributed by atoms with Crippen molar-refractivity contribution in [3.8, 4) is 5.75 Å². The fourth-order valence-corrected chi connectivity index (χ4v) is 2.34. The number of ether oxygens (including phenoxy) is 1. The zero-order chi connectivity index (χ0) is 11.1. The van der Waals surface area contributed by atoms with E-state index in [2.05, 4.69) is 16.0 Å². The van der Waals surface area contributed by atoms with Gasteiger partial charge in [-0.05, 0) is 12.5 Å². The lowest BCUT2D eigenvalue weighted by atomic mass is 10.1. The third kappa shape index (κ3) is 1.30. The fourth-order valence-electron chi connectivity index (χ4n) is 2.34. The van der Waals surface area contributed by atoms with Crippen LogP contribution in [-0.4, -0.2) is 35.6 Å². The molecule has 1 aromatic carbocycles. The molecule has 0 radical (unpaired) electrons. The van der Waals surface area contributed by atoms with Crippen LogP contribution in [-0.2, 0) is 6.54 Å². The first kappa shape index (κ1) is 9.66. The number of nitrogens with zero attached hydrogens (tertiary/aromatic N) is 2. The molecule has 2 heterocycles. The van der Waals surface area contributed by atoms with Gasteiger partial charge in [-0.25, -0.2) is 4.99 Å². The van der Waals surface area contributed by atoms with Crippen LogP contribution >= 0.6 is 0 Å². The number of para-hydroxylation sites is 1. The van der Waals surface area contributed by atoms with Crippen LogP contribution < -0.4 is 4.74 Å². The Balaban J connectivity index is 2.11. The van der Waals surface area contributed by atoms with E-state index < -0.39 is 6.10 Å². The van der Waals surface area contributed by atoms with Gasteiger partial charge in [-0.1, -0.05) is 12.1 Å². The van der Waals surface area contributed by atoms with Crippen LogP contribution in [0.4, 0.5) is 5.69 Å². The smallest absolute Gasteiger partial charge is 0.144 e. The van der Waals surface area contributed by atoms with E-state index in [0.29, 0.717) is 0 Å². The first-order valence-corrected chi connectivity index (χ1v) is 5.47. The van der Waals surface area contributed by atoms with E-state index in [0.717, 1.165) is 42.3 Å². The molecule has 4 heteroatoms. The minimum Gasteiger partial charge on any atom is -0.494 e. The lowest BCUT2D eigenvalue weighted by Gasteiger charge is -2.26. The fraction of sp³-hybridized carbons (Fsp3) is 0.417. The van der Waals surface area contributed by atoms with Gasteiger partial charge in [0.05, 0.1) is 7.11 Å². The number of amidine groups is 1. The maximum absolute atomic E-state index is 9.80. The molecule has 2 aliphatic rings. The third-order valence-corrected chi connectivity index (χ3v) is 3.18. The molecule has 1 atom stereocenters.